The third-order valence-corrected chi connectivity index (χ3v) is 9.05. The summed E-state index contributed by atoms with van der Waals surface area (Å²) in [6, 6.07) is 0. The first-order chi connectivity index (χ1) is 7.76. The maximum atomic E-state index is 9.35. The van der Waals surface area contributed by atoms with Crippen LogP contribution in [0.4, 0.5) is 0 Å². The molecule has 0 saturated heterocycles. The van der Waals surface area contributed by atoms with Gasteiger partial charge in [-0.3, -0.25) is 0 Å². The van der Waals surface area contributed by atoms with Crippen LogP contribution in [0, 0.1) is 5.92 Å². The molecule has 2 atom stereocenters. The molecule has 0 aromatic rings. The Morgan fingerprint density at radius 3 is 2.29 bits per heavy atom. The highest BCUT2D eigenvalue weighted by atomic mass is 28.4. The summed E-state index contributed by atoms with van der Waals surface area (Å²) in [5, 5.41) is 9.63. The predicted octanol–water partition coefficient (Wildman–Crippen LogP) is 3.95. The van der Waals surface area contributed by atoms with Gasteiger partial charge in [0, 0.05) is 12.7 Å². The van der Waals surface area contributed by atoms with Gasteiger partial charge in [0.05, 0.1) is 0 Å². The Morgan fingerprint density at radius 2 is 1.76 bits per heavy atom. The number of aliphatic hydroxyl groups excluding tert-OH is 1. The Balaban J connectivity index is 2.60. The fourth-order valence-electron chi connectivity index (χ4n) is 2.28. The van der Waals surface area contributed by atoms with E-state index in [0.29, 0.717) is 18.6 Å². The molecular formula is C14H30O2Si. The number of hydrogen-bond acceptors (Lipinski definition) is 2. The fraction of sp³-hybridized carbons (Fsp3) is 1.00. The Bertz CT molecular complexity index is 233. The highest BCUT2D eigenvalue weighted by Crippen LogP contribution is 2.39. The topological polar surface area (TPSA) is 29.5 Å². The fourth-order valence-corrected chi connectivity index (χ4v) is 3.68. The molecule has 0 aromatic carbocycles. The van der Waals surface area contributed by atoms with Crippen molar-refractivity contribution in [1.29, 1.82) is 0 Å². The lowest BCUT2D eigenvalue weighted by Gasteiger charge is -2.39. The van der Waals surface area contributed by atoms with Crippen molar-refractivity contribution in [1.82, 2.24) is 0 Å². The standard InChI is InChI=1S/C14H30O2Si/c1-14(2,3)17(4,5)16-13-9-7-6-8-12(10-13)11-15/h12-13,15H,6-11H2,1-5H3/t12-,13?/m1/s1. The zero-order valence-electron chi connectivity index (χ0n) is 12.3. The van der Waals surface area contributed by atoms with Crippen molar-refractivity contribution < 1.29 is 9.53 Å². The molecule has 3 heteroatoms. The minimum absolute atomic E-state index is 0.286. The van der Waals surface area contributed by atoms with E-state index in [2.05, 4.69) is 33.9 Å². The lowest BCUT2D eigenvalue weighted by Crippen LogP contribution is -2.44. The molecule has 1 rings (SSSR count). The molecule has 0 heterocycles. The lowest BCUT2D eigenvalue weighted by atomic mass is 10.0. The molecule has 0 aliphatic heterocycles. The van der Waals surface area contributed by atoms with E-state index >= 15 is 0 Å². The van der Waals surface area contributed by atoms with Crippen molar-refractivity contribution in [3.05, 3.63) is 0 Å². The average molecular weight is 258 g/mol. The first-order valence-corrected chi connectivity index (χ1v) is 9.96. The van der Waals surface area contributed by atoms with Crippen molar-refractivity contribution in [2.45, 2.75) is 77.1 Å². The van der Waals surface area contributed by atoms with Gasteiger partial charge in [-0.05, 0) is 43.3 Å². The lowest BCUT2D eigenvalue weighted by molar-refractivity contribution is 0.125. The summed E-state index contributed by atoms with van der Waals surface area (Å²) in [5.74, 6) is 0.465. The highest BCUT2D eigenvalue weighted by molar-refractivity contribution is 6.74. The molecule has 1 N–H and O–H groups in total. The maximum Gasteiger partial charge on any atom is 0.192 e. The van der Waals surface area contributed by atoms with E-state index < -0.39 is 8.32 Å². The number of aliphatic hydroxyl groups is 1. The van der Waals surface area contributed by atoms with Crippen molar-refractivity contribution in [2.75, 3.05) is 6.61 Å². The van der Waals surface area contributed by atoms with Crippen LogP contribution < -0.4 is 0 Å². The largest absolute Gasteiger partial charge is 0.414 e. The van der Waals surface area contributed by atoms with E-state index in [9.17, 15) is 5.11 Å². The van der Waals surface area contributed by atoms with Gasteiger partial charge in [-0.25, -0.2) is 0 Å². The summed E-state index contributed by atoms with van der Waals surface area (Å²) >= 11 is 0. The van der Waals surface area contributed by atoms with Crippen LogP contribution in [-0.4, -0.2) is 26.1 Å². The van der Waals surface area contributed by atoms with Gasteiger partial charge in [0.25, 0.3) is 0 Å². The van der Waals surface area contributed by atoms with Crippen LogP contribution in [0.2, 0.25) is 18.1 Å². The van der Waals surface area contributed by atoms with Gasteiger partial charge in [-0.2, -0.15) is 0 Å². The van der Waals surface area contributed by atoms with Crippen LogP contribution in [-0.2, 0) is 4.43 Å². The van der Waals surface area contributed by atoms with Crippen LogP contribution >= 0.6 is 0 Å². The third-order valence-electron chi connectivity index (χ3n) is 4.51. The van der Waals surface area contributed by atoms with E-state index in [4.69, 9.17) is 4.43 Å². The van der Waals surface area contributed by atoms with Crippen LogP contribution in [0.15, 0.2) is 0 Å². The SMILES string of the molecule is CC(C)(C)[Si](C)(C)OC1CCCC[C@@H](CO)C1. The van der Waals surface area contributed by atoms with E-state index in [-0.39, 0.29) is 5.04 Å². The molecule has 0 amide bonds. The van der Waals surface area contributed by atoms with E-state index in [1.165, 1.54) is 25.7 Å². The van der Waals surface area contributed by atoms with Gasteiger partial charge >= 0.3 is 0 Å². The molecule has 1 unspecified atom stereocenters. The molecule has 1 aliphatic carbocycles. The monoisotopic (exact) mass is 258 g/mol. The van der Waals surface area contributed by atoms with Gasteiger partial charge in [-0.15, -0.1) is 0 Å². The molecule has 0 radical (unpaired) electrons. The van der Waals surface area contributed by atoms with Crippen LogP contribution in [0.3, 0.4) is 0 Å². The van der Waals surface area contributed by atoms with Gasteiger partial charge < -0.3 is 9.53 Å². The summed E-state index contributed by atoms with van der Waals surface area (Å²) in [6.07, 6.45) is 6.31. The maximum absolute atomic E-state index is 9.35. The van der Waals surface area contributed by atoms with E-state index in [1.54, 1.807) is 0 Å². The minimum Gasteiger partial charge on any atom is -0.414 e. The van der Waals surface area contributed by atoms with Crippen LogP contribution in [0.5, 0.6) is 0 Å². The van der Waals surface area contributed by atoms with Crippen LogP contribution in [0.25, 0.3) is 0 Å². The normalized spacial score (nSPS) is 27.9. The van der Waals surface area contributed by atoms with Crippen LogP contribution in [0.1, 0.15) is 52.9 Å². The van der Waals surface area contributed by atoms with Crippen molar-refractivity contribution in [2.24, 2.45) is 5.92 Å². The van der Waals surface area contributed by atoms with Crippen molar-refractivity contribution in [3.63, 3.8) is 0 Å². The number of rotatable bonds is 3. The highest BCUT2D eigenvalue weighted by Gasteiger charge is 2.39. The second-order valence-corrected chi connectivity index (χ2v) is 11.8. The smallest absolute Gasteiger partial charge is 0.192 e. The van der Waals surface area contributed by atoms with Gasteiger partial charge in [0.1, 0.15) is 0 Å². The van der Waals surface area contributed by atoms with E-state index in [1.807, 2.05) is 0 Å². The quantitative estimate of drug-likeness (QED) is 0.613. The zero-order valence-corrected chi connectivity index (χ0v) is 13.3. The van der Waals surface area contributed by atoms with Crippen molar-refractivity contribution in [3.8, 4) is 0 Å². The molecule has 102 valence electrons. The summed E-state index contributed by atoms with van der Waals surface area (Å²) in [7, 11) is -1.64. The first-order valence-electron chi connectivity index (χ1n) is 7.05. The van der Waals surface area contributed by atoms with Gasteiger partial charge in [0.15, 0.2) is 8.32 Å². The average Bonchev–Trinajstić information content (AvgIpc) is 2.40. The molecule has 0 spiro atoms. The molecule has 1 saturated carbocycles. The van der Waals surface area contributed by atoms with E-state index in [0.717, 1.165) is 6.42 Å². The first kappa shape index (κ1) is 15.2. The number of hydrogen-bond donors (Lipinski definition) is 1. The molecule has 2 nitrogen and oxygen atoms in total. The predicted molar refractivity (Wildman–Crippen MR) is 75.7 cm³/mol. The van der Waals surface area contributed by atoms with Crippen molar-refractivity contribution >= 4 is 8.32 Å². The molecular weight excluding hydrogens is 228 g/mol. The Hall–Kier alpha value is 0.137. The molecule has 1 aliphatic rings. The molecule has 0 bridgehead atoms. The molecule has 17 heavy (non-hydrogen) atoms. The second kappa shape index (κ2) is 5.85. The second-order valence-electron chi connectivity index (χ2n) is 7.07. The third kappa shape index (κ3) is 4.38. The summed E-state index contributed by atoms with van der Waals surface area (Å²) in [5.41, 5.74) is 0. The molecule has 0 aromatic heterocycles. The summed E-state index contributed by atoms with van der Waals surface area (Å²) < 4.78 is 6.48. The van der Waals surface area contributed by atoms with Gasteiger partial charge in [0.2, 0.25) is 0 Å². The zero-order chi connectivity index (χ0) is 13.1. The van der Waals surface area contributed by atoms with Gasteiger partial charge in [-0.1, -0.05) is 33.6 Å². The Labute approximate surface area is 108 Å². The minimum atomic E-state index is -1.64. The summed E-state index contributed by atoms with van der Waals surface area (Å²) in [4.78, 5) is 0. The Morgan fingerprint density at radius 1 is 1.18 bits per heavy atom. The molecule has 1 fully saturated rings. The summed E-state index contributed by atoms with van der Waals surface area (Å²) in [6.45, 7) is 11.9. The Kier molecular flexibility index (Phi) is 5.23.